The molecule has 0 atom stereocenters. The van der Waals surface area contributed by atoms with Gasteiger partial charge in [-0.25, -0.2) is 4.68 Å². The average Bonchev–Trinajstić information content (AvgIpc) is 3.15. The predicted molar refractivity (Wildman–Crippen MR) is 80.1 cm³/mol. The Labute approximate surface area is 124 Å². The van der Waals surface area contributed by atoms with Crippen LogP contribution in [0.3, 0.4) is 0 Å². The van der Waals surface area contributed by atoms with Crippen molar-refractivity contribution in [1.29, 1.82) is 0 Å². The summed E-state index contributed by atoms with van der Waals surface area (Å²) in [6.45, 7) is 3.54. The van der Waals surface area contributed by atoms with Crippen LogP contribution in [-0.4, -0.2) is 19.6 Å². The Hall–Kier alpha value is -1.63. The second-order valence-electron chi connectivity index (χ2n) is 5.01. The SMILES string of the molecule is CCn1cc(Nc2cnn(CC3CC3)c(=O)c2Br)cn1. The Kier molecular flexibility index (Phi) is 3.60. The van der Waals surface area contributed by atoms with Gasteiger partial charge in [-0.2, -0.15) is 10.2 Å². The molecule has 0 aromatic carbocycles. The molecule has 1 saturated carbocycles. The maximum absolute atomic E-state index is 12.2. The second kappa shape index (κ2) is 5.40. The van der Waals surface area contributed by atoms with Gasteiger partial charge in [0, 0.05) is 19.3 Å². The third-order valence-corrected chi connectivity index (χ3v) is 4.12. The zero-order chi connectivity index (χ0) is 14.1. The van der Waals surface area contributed by atoms with E-state index in [0.29, 0.717) is 22.6 Å². The fraction of sp³-hybridized carbons (Fsp3) is 0.462. The lowest BCUT2D eigenvalue weighted by Gasteiger charge is -2.08. The topological polar surface area (TPSA) is 64.7 Å². The summed E-state index contributed by atoms with van der Waals surface area (Å²) in [5.41, 5.74) is 1.41. The molecule has 0 aliphatic heterocycles. The highest BCUT2D eigenvalue weighted by Crippen LogP contribution is 2.30. The summed E-state index contributed by atoms with van der Waals surface area (Å²) < 4.78 is 3.86. The molecule has 0 bridgehead atoms. The van der Waals surface area contributed by atoms with E-state index >= 15 is 0 Å². The standard InChI is InChI=1S/C13H16BrN5O/c1-2-18-8-10(5-15-18)17-11-6-16-19(7-9-3-4-9)13(20)12(11)14/h5-6,8-9,17H,2-4,7H2,1H3. The molecule has 3 rings (SSSR count). The molecule has 0 radical (unpaired) electrons. The first-order chi connectivity index (χ1) is 9.67. The van der Waals surface area contributed by atoms with E-state index < -0.39 is 0 Å². The molecular formula is C13H16BrN5O. The van der Waals surface area contributed by atoms with Gasteiger partial charge in [0.25, 0.3) is 5.56 Å². The van der Waals surface area contributed by atoms with Crippen LogP contribution in [0.2, 0.25) is 0 Å². The Morgan fingerprint density at radius 3 is 2.85 bits per heavy atom. The summed E-state index contributed by atoms with van der Waals surface area (Å²) >= 11 is 3.36. The van der Waals surface area contributed by atoms with Gasteiger partial charge in [0.2, 0.25) is 0 Å². The number of anilines is 2. The average molecular weight is 338 g/mol. The van der Waals surface area contributed by atoms with Crippen molar-refractivity contribution in [3.8, 4) is 0 Å². The largest absolute Gasteiger partial charge is 0.351 e. The van der Waals surface area contributed by atoms with Gasteiger partial charge in [0.15, 0.2) is 0 Å². The number of hydrogen-bond acceptors (Lipinski definition) is 4. The number of halogens is 1. The van der Waals surface area contributed by atoms with E-state index in [2.05, 4.69) is 31.4 Å². The van der Waals surface area contributed by atoms with E-state index in [1.165, 1.54) is 17.5 Å². The van der Waals surface area contributed by atoms with Crippen LogP contribution in [0.15, 0.2) is 27.9 Å². The van der Waals surface area contributed by atoms with Crippen molar-refractivity contribution < 1.29 is 0 Å². The first-order valence-corrected chi connectivity index (χ1v) is 7.51. The van der Waals surface area contributed by atoms with Crippen LogP contribution in [0.5, 0.6) is 0 Å². The Morgan fingerprint density at radius 1 is 1.40 bits per heavy atom. The Bertz CT molecular complexity index is 674. The maximum atomic E-state index is 12.2. The van der Waals surface area contributed by atoms with E-state index in [1.54, 1.807) is 12.4 Å². The van der Waals surface area contributed by atoms with Crippen molar-refractivity contribution in [2.24, 2.45) is 5.92 Å². The maximum Gasteiger partial charge on any atom is 0.283 e. The Balaban J connectivity index is 1.82. The number of aromatic nitrogens is 4. The smallest absolute Gasteiger partial charge is 0.283 e. The molecule has 2 aromatic heterocycles. The molecule has 1 aliphatic carbocycles. The minimum Gasteiger partial charge on any atom is -0.351 e. The lowest BCUT2D eigenvalue weighted by molar-refractivity contribution is 0.532. The van der Waals surface area contributed by atoms with Crippen molar-refractivity contribution in [2.75, 3.05) is 5.32 Å². The van der Waals surface area contributed by atoms with Gasteiger partial charge < -0.3 is 5.32 Å². The summed E-state index contributed by atoms with van der Waals surface area (Å²) in [5, 5.41) is 11.6. The van der Waals surface area contributed by atoms with E-state index in [-0.39, 0.29) is 5.56 Å². The van der Waals surface area contributed by atoms with Gasteiger partial charge in [-0.3, -0.25) is 9.48 Å². The van der Waals surface area contributed by atoms with Gasteiger partial charge in [-0.05, 0) is 41.6 Å². The molecule has 0 amide bonds. The van der Waals surface area contributed by atoms with Crippen molar-refractivity contribution >= 4 is 27.3 Å². The van der Waals surface area contributed by atoms with Crippen LogP contribution in [0.25, 0.3) is 0 Å². The van der Waals surface area contributed by atoms with Crippen molar-refractivity contribution in [1.82, 2.24) is 19.6 Å². The van der Waals surface area contributed by atoms with E-state index in [0.717, 1.165) is 12.2 Å². The third kappa shape index (κ3) is 2.77. The zero-order valence-electron chi connectivity index (χ0n) is 11.2. The van der Waals surface area contributed by atoms with Crippen LogP contribution >= 0.6 is 15.9 Å². The molecule has 1 fully saturated rings. The molecule has 0 spiro atoms. The molecule has 0 unspecified atom stereocenters. The number of nitrogens with zero attached hydrogens (tertiary/aromatic N) is 4. The van der Waals surface area contributed by atoms with Gasteiger partial charge in [0.1, 0.15) is 4.47 Å². The molecule has 0 saturated heterocycles. The van der Waals surface area contributed by atoms with Gasteiger partial charge >= 0.3 is 0 Å². The van der Waals surface area contributed by atoms with E-state index in [9.17, 15) is 4.79 Å². The van der Waals surface area contributed by atoms with Crippen molar-refractivity contribution in [3.05, 3.63) is 33.4 Å². The van der Waals surface area contributed by atoms with E-state index in [4.69, 9.17) is 0 Å². The first-order valence-electron chi connectivity index (χ1n) is 6.72. The van der Waals surface area contributed by atoms with Crippen LogP contribution < -0.4 is 10.9 Å². The minimum absolute atomic E-state index is 0.0928. The normalized spacial score (nSPS) is 14.5. The second-order valence-corrected chi connectivity index (χ2v) is 5.81. The third-order valence-electron chi connectivity index (χ3n) is 3.35. The van der Waals surface area contributed by atoms with Gasteiger partial charge in [-0.15, -0.1) is 0 Å². The number of rotatable bonds is 5. The van der Waals surface area contributed by atoms with Crippen LogP contribution in [-0.2, 0) is 13.1 Å². The fourth-order valence-electron chi connectivity index (χ4n) is 1.98. The van der Waals surface area contributed by atoms with Gasteiger partial charge in [-0.1, -0.05) is 0 Å². The summed E-state index contributed by atoms with van der Waals surface area (Å²) in [6.07, 6.45) is 7.69. The predicted octanol–water partition coefficient (Wildman–Crippen LogP) is 2.38. The number of aryl methyl sites for hydroxylation is 1. The quantitative estimate of drug-likeness (QED) is 0.909. The summed E-state index contributed by atoms with van der Waals surface area (Å²) in [4.78, 5) is 12.2. The number of hydrogen-bond donors (Lipinski definition) is 1. The van der Waals surface area contributed by atoms with Crippen LogP contribution in [0, 0.1) is 5.92 Å². The van der Waals surface area contributed by atoms with Crippen molar-refractivity contribution in [3.63, 3.8) is 0 Å². The first kappa shape index (κ1) is 13.4. The van der Waals surface area contributed by atoms with Gasteiger partial charge in [0.05, 0.1) is 23.8 Å². The van der Waals surface area contributed by atoms with Crippen molar-refractivity contribution in [2.45, 2.75) is 32.9 Å². The molecule has 1 N–H and O–H groups in total. The molecule has 7 heteroatoms. The molecule has 2 heterocycles. The summed E-state index contributed by atoms with van der Waals surface area (Å²) in [5.74, 6) is 0.619. The number of nitrogens with one attached hydrogen (secondary N) is 1. The van der Waals surface area contributed by atoms with Crippen LogP contribution in [0.4, 0.5) is 11.4 Å². The lowest BCUT2D eigenvalue weighted by Crippen LogP contribution is -2.24. The monoisotopic (exact) mass is 337 g/mol. The summed E-state index contributed by atoms with van der Waals surface area (Å²) in [7, 11) is 0. The summed E-state index contributed by atoms with van der Waals surface area (Å²) in [6, 6.07) is 0. The highest BCUT2D eigenvalue weighted by molar-refractivity contribution is 9.10. The molecule has 1 aliphatic rings. The fourth-order valence-corrected chi connectivity index (χ4v) is 2.39. The Morgan fingerprint density at radius 2 is 2.20 bits per heavy atom. The molecule has 106 valence electrons. The van der Waals surface area contributed by atoms with E-state index in [1.807, 2.05) is 17.8 Å². The van der Waals surface area contributed by atoms with Crippen LogP contribution in [0.1, 0.15) is 19.8 Å². The molecule has 20 heavy (non-hydrogen) atoms. The molecule has 6 nitrogen and oxygen atoms in total. The highest BCUT2D eigenvalue weighted by atomic mass is 79.9. The zero-order valence-corrected chi connectivity index (χ0v) is 12.8. The minimum atomic E-state index is -0.0928. The lowest BCUT2D eigenvalue weighted by atomic mass is 10.4. The molecule has 2 aromatic rings. The molecular weight excluding hydrogens is 322 g/mol. The highest BCUT2D eigenvalue weighted by Gasteiger charge is 2.23.